The molecule has 2 N–H and O–H groups in total. The standard InChI is InChI=1S/C15H17N5O3.ClH/c1-19-13(21)11(8-18-15(19)23)14(22)20-6-5-17-9-12(20)10-3-2-4-16-7-10;/h2-4,7-8,12,17H,5-6,9H2,1H3,(H,18,23);1H. The van der Waals surface area contributed by atoms with E-state index in [1.807, 2.05) is 12.1 Å². The Bertz CT molecular complexity index is 833. The number of hydrogen-bond acceptors (Lipinski definition) is 5. The first-order chi connectivity index (χ1) is 11.1. The Balaban J connectivity index is 0.00000208. The first-order valence-electron chi connectivity index (χ1n) is 7.30. The fourth-order valence-corrected chi connectivity index (χ4v) is 2.69. The first kappa shape index (κ1) is 17.9. The lowest BCUT2D eigenvalue weighted by atomic mass is 10.0. The predicted molar refractivity (Wildman–Crippen MR) is 90.4 cm³/mol. The van der Waals surface area contributed by atoms with Crippen LogP contribution in [0.15, 0.2) is 40.3 Å². The van der Waals surface area contributed by atoms with Crippen LogP contribution in [-0.2, 0) is 7.05 Å². The van der Waals surface area contributed by atoms with E-state index in [4.69, 9.17) is 0 Å². The minimum atomic E-state index is -0.595. The molecule has 1 aliphatic rings. The zero-order valence-electron chi connectivity index (χ0n) is 13.1. The van der Waals surface area contributed by atoms with E-state index in [0.717, 1.165) is 10.1 Å². The molecule has 1 amide bonds. The summed E-state index contributed by atoms with van der Waals surface area (Å²) in [7, 11) is 1.34. The number of hydrogen-bond donors (Lipinski definition) is 2. The van der Waals surface area contributed by atoms with Gasteiger partial charge in [-0.05, 0) is 11.6 Å². The number of rotatable bonds is 2. The molecule has 0 aliphatic carbocycles. The summed E-state index contributed by atoms with van der Waals surface area (Å²) >= 11 is 0. The second-order valence-electron chi connectivity index (χ2n) is 5.38. The van der Waals surface area contributed by atoms with E-state index in [9.17, 15) is 14.4 Å². The second kappa shape index (κ2) is 7.41. The number of piperazine rings is 1. The summed E-state index contributed by atoms with van der Waals surface area (Å²) in [5, 5.41) is 3.24. The molecular formula is C15H18ClN5O3. The van der Waals surface area contributed by atoms with Crippen molar-refractivity contribution in [2.45, 2.75) is 6.04 Å². The normalized spacial score (nSPS) is 17.2. The van der Waals surface area contributed by atoms with Crippen molar-refractivity contribution in [3.05, 3.63) is 62.7 Å². The van der Waals surface area contributed by atoms with E-state index in [2.05, 4.69) is 15.3 Å². The molecule has 8 nitrogen and oxygen atoms in total. The van der Waals surface area contributed by atoms with Crippen LogP contribution < -0.4 is 16.6 Å². The number of aromatic nitrogens is 3. The highest BCUT2D eigenvalue weighted by atomic mass is 35.5. The van der Waals surface area contributed by atoms with Crippen molar-refractivity contribution < 1.29 is 4.79 Å². The van der Waals surface area contributed by atoms with Crippen LogP contribution in [0.1, 0.15) is 22.0 Å². The van der Waals surface area contributed by atoms with E-state index in [1.54, 1.807) is 17.3 Å². The van der Waals surface area contributed by atoms with Gasteiger partial charge in [0.1, 0.15) is 5.56 Å². The van der Waals surface area contributed by atoms with Gasteiger partial charge in [0.05, 0.1) is 6.04 Å². The Hall–Kier alpha value is -2.45. The summed E-state index contributed by atoms with van der Waals surface area (Å²) in [6.07, 6.45) is 4.57. The molecule has 1 fully saturated rings. The maximum absolute atomic E-state index is 12.8. The van der Waals surface area contributed by atoms with Crippen LogP contribution in [-0.4, -0.2) is 45.0 Å². The van der Waals surface area contributed by atoms with Crippen molar-refractivity contribution in [2.24, 2.45) is 7.05 Å². The van der Waals surface area contributed by atoms with Gasteiger partial charge in [-0.25, -0.2) is 4.79 Å². The van der Waals surface area contributed by atoms with Crippen LogP contribution in [0.4, 0.5) is 0 Å². The van der Waals surface area contributed by atoms with Gasteiger partial charge >= 0.3 is 5.69 Å². The topological polar surface area (TPSA) is 100 Å². The lowest BCUT2D eigenvalue weighted by Crippen LogP contribution is -2.50. The maximum Gasteiger partial charge on any atom is 0.328 e. The van der Waals surface area contributed by atoms with Gasteiger partial charge in [0.25, 0.3) is 11.5 Å². The third-order valence-electron chi connectivity index (χ3n) is 3.98. The molecule has 0 bridgehead atoms. The van der Waals surface area contributed by atoms with E-state index in [-0.39, 0.29) is 24.0 Å². The zero-order valence-corrected chi connectivity index (χ0v) is 13.9. The van der Waals surface area contributed by atoms with Crippen molar-refractivity contribution in [1.82, 2.24) is 24.8 Å². The molecule has 0 spiro atoms. The van der Waals surface area contributed by atoms with E-state index in [0.29, 0.717) is 19.6 Å². The largest absolute Gasteiger partial charge is 0.329 e. The molecule has 0 saturated carbocycles. The molecule has 2 aromatic rings. The third-order valence-corrected chi connectivity index (χ3v) is 3.98. The molecule has 24 heavy (non-hydrogen) atoms. The fourth-order valence-electron chi connectivity index (χ4n) is 2.69. The van der Waals surface area contributed by atoms with Gasteiger partial charge in [-0.15, -0.1) is 12.4 Å². The molecule has 2 aromatic heterocycles. The highest BCUT2D eigenvalue weighted by Gasteiger charge is 2.30. The molecule has 0 radical (unpaired) electrons. The number of carbonyl (C=O) groups excluding carboxylic acids is 1. The lowest BCUT2D eigenvalue weighted by molar-refractivity contribution is 0.0631. The highest BCUT2D eigenvalue weighted by Crippen LogP contribution is 2.22. The summed E-state index contributed by atoms with van der Waals surface area (Å²) in [6, 6.07) is 3.50. The van der Waals surface area contributed by atoms with Crippen molar-refractivity contribution in [2.75, 3.05) is 19.6 Å². The molecular weight excluding hydrogens is 334 g/mol. The van der Waals surface area contributed by atoms with Crippen molar-refractivity contribution >= 4 is 18.3 Å². The quantitative estimate of drug-likeness (QED) is 0.772. The minimum absolute atomic E-state index is 0. The van der Waals surface area contributed by atoms with Gasteiger partial charge in [-0.1, -0.05) is 6.07 Å². The van der Waals surface area contributed by atoms with E-state index in [1.165, 1.54) is 13.2 Å². The number of H-pyrrole nitrogens is 1. The minimum Gasteiger partial charge on any atom is -0.329 e. The Morgan fingerprint density at radius 2 is 2.17 bits per heavy atom. The molecule has 1 saturated heterocycles. The van der Waals surface area contributed by atoms with Gasteiger partial charge in [0.15, 0.2) is 0 Å². The van der Waals surface area contributed by atoms with Crippen LogP contribution >= 0.6 is 12.4 Å². The van der Waals surface area contributed by atoms with E-state index >= 15 is 0 Å². The number of aromatic amines is 1. The van der Waals surface area contributed by atoms with Crippen LogP contribution in [0.3, 0.4) is 0 Å². The fraction of sp³-hybridized carbons (Fsp3) is 0.333. The maximum atomic E-state index is 12.8. The second-order valence-corrected chi connectivity index (χ2v) is 5.38. The van der Waals surface area contributed by atoms with Crippen LogP contribution in [0.5, 0.6) is 0 Å². The summed E-state index contributed by atoms with van der Waals surface area (Å²) in [6.45, 7) is 1.70. The molecule has 128 valence electrons. The molecule has 1 atom stereocenters. The predicted octanol–water partition coefficient (Wildman–Crippen LogP) is -0.323. The van der Waals surface area contributed by atoms with Crippen LogP contribution in [0.25, 0.3) is 0 Å². The third kappa shape index (κ3) is 3.24. The first-order valence-corrected chi connectivity index (χ1v) is 7.30. The lowest BCUT2D eigenvalue weighted by Gasteiger charge is -2.36. The Kier molecular flexibility index (Phi) is 5.53. The summed E-state index contributed by atoms with van der Waals surface area (Å²) in [5.41, 5.74) is -0.282. The average Bonchev–Trinajstić information content (AvgIpc) is 2.60. The van der Waals surface area contributed by atoms with Gasteiger partial charge in [-0.3, -0.25) is 19.1 Å². The summed E-state index contributed by atoms with van der Waals surface area (Å²) < 4.78 is 0.897. The number of halogens is 1. The smallest absolute Gasteiger partial charge is 0.328 e. The Morgan fingerprint density at radius 1 is 1.38 bits per heavy atom. The monoisotopic (exact) mass is 351 g/mol. The summed E-state index contributed by atoms with van der Waals surface area (Å²) in [5.74, 6) is -0.391. The van der Waals surface area contributed by atoms with E-state index < -0.39 is 17.2 Å². The average molecular weight is 352 g/mol. The number of carbonyl (C=O) groups is 1. The Morgan fingerprint density at radius 3 is 2.88 bits per heavy atom. The molecule has 3 rings (SSSR count). The van der Waals surface area contributed by atoms with Crippen LogP contribution in [0.2, 0.25) is 0 Å². The van der Waals surface area contributed by atoms with Crippen molar-refractivity contribution in [1.29, 1.82) is 0 Å². The van der Waals surface area contributed by atoms with Gasteiger partial charge in [0.2, 0.25) is 0 Å². The SMILES string of the molecule is Cl.Cn1c(=O)[nH]cc(C(=O)N2CCNCC2c2cccnc2)c1=O. The van der Waals surface area contributed by atoms with Crippen LogP contribution in [0, 0.1) is 0 Å². The Labute approximate surface area is 143 Å². The molecule has 1 unspecified atom stereocenters. The molecule has 1 aliphatic heterocycles. The van der Waals surface area contributed by atoms with Gasteiger partial charge in [0, 0.05) is 45.3 Å². The van der Waals surface area contributed by atoms with Gasteiger partial charge < -0.3 is 15.2 Å². The molecule has 9 heteroatoms. The number of nitrogens with one attached hydrogen (secondary N) is 2. The molecule has 0 aromatic carbocycles. The summed E-state index contributed by atoms with van der Waals surface area (Å²) in [4.78, 5) is 44.6. The number of amides is 1. The van der Waals surface area contributed by atoms with Crippen molar-refractivity contribution in [3.8, 4) is 0 Å². The molecule has 3 heterocycles. The number of nitrogens with zero attached hydrogens (tertiary/aromatic N) is 3. The van der Waals surface area contributed by atoms with Gasteiger partial charge in [-0.2, -0.15) is 0 Å². The van der Waals surface area contributed by atoms with Crippen molar-refractivity contribution in [3.63, 3.8) is 0 Å². The number of pyridine rings is 1. The zero-order chi connectivity index (χ0) is 16.4. The highest BCUT2D eigenvalue weighted by molar-refractivity contribution is 5.94.